The van der Waals surface area contributed by atoms with E-state index in [1.807, 2.05) is 34.0 Å². The van der Waals surface area contributed by atoms with Crippen molar-refractivity contribution >= 4 is 30.1 Å². The van der Waals surface area contributed by atoms with Crippen molar-refractivity contribution in [3.63, 3.8) is 0 Å². The Bertz CT molecular complexity index is 396. The Balaban J connectivity index is 0.00000324. The van der Waals surface area contributed by atoms with E-state index in [-0.39, 0.29) is 18.3 Å². The van der Waals surface area contributed by atoms with Crippen LogP contribution >= 0.6 is 24.2 Å². The summed E-state index contributed by atoms with van der Waals surface area (Å²) in [5.41, 5.74) is 1.86. The first-order chi connectivity index (χ1) is 8.52. The van der Waals surface area contributed by atoms with Crippen molar-refractivity contribution in [3.05, 3.63) is 17.5 Å². The Kier molecular flexibility index (Phi) is 8.71. The van der Waals surface area contributed by atoms with Gasteiger partial charge in [-0.1, -0.05) is 11.8 Å². The van der Waals surface area contributed by atoms with Crippen molar-refractivity contribution in [1.82, 2.24) is 20.2 Å². The summed E-state index contributed by atoms with van der Waals surface area (Å²) in [6.45, 7) is 5.37. The summed E-state index contributed by atoms with van der Waals surface area (Å²) < 4.78 is 0. The lowest BCUT2D eigenvalue weighted by atomic mass is 10.4. The minimum absolute atomic E-state index is 0. The fourth-order valence-electron chi connectivity index (χ4n) is 1.40. The van der Waals surface area contributed by atoms with Crippen molar-refractivity contribution in [2.24, 2.45) is 0 Å². The molecule has 7 heteroatoms. The second-order valence-corrected chi connectivity index (χ2v) is 5.08. The molecule has 0 radical (unpaired) electrons. The molecule has 108 valence electrons. The Morgan fingerprint density at radius 3 is 2.47 bits per heavy atom. The Morgan fingerprint density at radius 1 is 1.37 bits per heavy atom. The maximum Gasteiger partial charge on any atom is 0.232 e. The van der Waals surface area contributed by atoms with Gasteiger partial charge in [0.05, 0.1) is 5.75 Å². The Labute approximate surface area is 125 Å². The lowest BCUT2D eigenvalue weighted by Crippen LogP contribution is -2.33. The van der Waals surface area contributed by atoms with Crippen LogP contribution in [0.4, 0.5) is 0 Å². The van der Waals surface area contributed by atoms with E-state index in [0.29, 0.717) is 17.5 Å². The van der Waals surface area contributed by atoms with E-state index in [4.69, 9.17) is 0 Å². The minimum atomic E-state index is 0. The monoisotopic (exact) mass is 304 g/mol. The van der Waals surface area contributed by atoms with Gasteiger partial charge in [0.15, 0.2) is 5.16 Å². The summed E-state index contributed by atoms with van der Waals surface area (Å²) in [4.78, 5) is 22.1. The number of amides is 1. The van der Waals surface area contributed by atoms with E-state index in [0.717, 1.165) is 17.9 Å². The van der Waals surface area contributed by atoms with Gasteiger partial charge in [0.2, 0.25) is 5.91 Å². The van der Waals surface area contributed by atoms with Crippen LogP contribution in [0.1, 0.15) is 11.4 Å². The summed E-state index contributed by atoms with van der Waals surface area (Å²) in [5, 5.41) is 3.69. The molecule has 0 saturated heterocycles. The number of nitrogens with one attached hydrogen (secondary N) is 1. The lowest BCUT2D eigenvalue weighted by Gasteiger charge is -2.16. The molecule has 0 unspecified atom stereocenters. The van der Waals surface area contributed by atoms with Gasteiger partial charge in [-0.05, 0) is 27.0 Å². The molecular formula is C12H21ClN4OS. The van der Waals surface area contributed by atoms with Gasteiger partial charge in [0, 0.05) is 31.5 Å². The molecular weight excluding hydrogens is 284 g/mol. The molecule has 1 aromatic heterocycles. The number of hydrogen-bond donors (Lipinski definition) is 1. The van der Waals surface area contributed by atoms with Crippen LogP contribution in [0.25, 0.3) is 0 Å². The predicted octanol–water partition coefficient (Wildman–Crippen LogP) is 1.29. The number of halogens is 1. The zero-order valence-corrected chi connectivity index (χ0v) is 13.4. The van der Waals surface area contributed by atoms with Crippen LogP contribution < -0.4 is 5.32 Å². The summed E-state index contributed by atoms with van der Waals surface area (Å²) in [7, 11) is 3.68. The number of carbonyl (C=O) groups excluding carboxylic acids is 1. The molecule has 1 N–H and O–H groups in total. The first-order valence-electron chi connectivity index (χ1n) is 5.86. The fraction of sp³-hybridized carbons (Fsp3) is 0.583. The van der Waals surface area contributed by atoms with Gasteiger partial charge < -0.3 is 10.2 Å². The average Bonchev–Trinajstić information content (AvgIpc) is 2.31. The zero-order valence-electron chi connectivity index (χ0n) is 11.8. The van der Waals surface area contributed by atoms with Crippen molar-refractivity contribution in [3.8, 4) is 0 Å². The van der Waals surface area contributed by atoms with Crippen molar-refractivity contribution in [2.45, 2.75) is 19.0 Å². The molecule has 1 amide bonds. The molecule has 1 aromatic rings. The van der Waals surface area contributed by atoms with Crippen LogP contribution in [0.3, 0.4) is 0 Å². The highest BCUT2D eigenvalue weighted by Crippen LogP contribution is 2.14. The molecule has 0 aliphatic rings. The molecule has 0 aliphatic heterocycles. The third-order valence-corrected chi connectivity index (χ3v) is 3.24. The van der Waals surface area contributed by atoms with Crippen LogP contribution in [0.15, 0.2) is 11.2 Å². The number of likely N-dealkylation sites (N-methyl/N-ethyl adjacent to an activating group) is 2. The number of nitrogens with zero attached hydrogens (tertiary/aromatic N) is 3. The zero-order chi connectivity index (χ0) is 13.5. The molecule has 0 atom stereocenters. The van der Waals surface area contributed by atoms with Crippen molar-refractivity contribution < 1.29 is 4.79 Å². The number of aromatic nitrogens is 2. The number of carbonyl (C=O) groups is 1. The normalized spacial score (nSPS) is 9.89. The molecule has 0 aliphatic carbocycles. The molecule has 5 nitrogen and oxygen atoms in total. The summed E-state index contributed by atoms with van der Waals surface area (Å²) >= 11 is 1.38. The molecule has 0 aromatic carbocycles. The smallest absolute Gasteiger partial charge is 0.232 e. The van der Waals surface area contributed by atoms with Crippen LogP contribution in [0.2, 0.25) is 0 Å². The fourth-order valence-corrected chi connectivity index (χ4v) is 2.29. The van der Waals surface area contributed by atoms with E-state index in [2.05, 4.69) is 15.3 Å². The van der Waals surface area contributed by atoms with Gasteiger partial charge in [-0.25, -0.2) is 9.97 Å². The largest absolute Gasteiger partial charge is 0.344 e. The van der Waals surface area contributed by atoms with Gasteiger partial charge in [-0.2, -0.15) is 0 Å². The molecule has 0 saturated carbocycles. The van der Waals surface area contributed by atoms with E-state index >= 15 is 0 Å². The highest BCUT2D eigenvalue weighted by atomic mass is 35.5. The summed E-state index contributed by atoms with van der Waals surface area (Å²) in [5.74, 6) is 0.473. The maximum atomic E-state index is 11.8. The molecule has 0 fully saturated rings. The third kappa shape index (κ3) is 6.75. The number of aryl methyl sites for hydroxylation is 2. The topological polar surface area (TPSA) is 58.1 Å². The predicted molar refractivity (Wildman–Crippen MR) is 81.0 cm³/mol. The molecule has 0 spiro atoms. The standard InChI is InChI=1S/C12H20N4OS.ClH/c1-9-7-10(2)15-12(14-9)18-8-11(17)16(4)6-5-13-3;/h7,13H,5-6,8H2,1-4H3;1H. The SMILES string of the molecule is CNCCN(C)C(=O)CSc1nc(C)cc(C)n1.Cl. The second kappa shape index (κ2) is 9.12. The van der Waals surface area contributed by atoms with Crippen molar-refractivity contribution in [1.29, 1.82) is 0 Å². The molecule has 1 rings (SSSR count). The maximum absolute atomic E-state index is 11.8. The number of thioether (sulfide) groups is 1. The third-order valence-electron chi connectivity index (χ3n) is 2.41. The van der Waals surface area contributed by atoms with E-state index in [1.54, 1.807) is 4.90 Å². The molecule has 19 heavy (non-hydrogen) atoms. The van der Waals surface area contributed by atoms with Gasteiger partial charge >= 0.3 is 0 Å². The highest BCUT2D eigenvalue weighted by Gasteiger charge is 2.10. The van der Waals surface area contributed by atoms with Gasteiger partial charge in [-0.15, -0.1) is 12.4 Å². The first-order valence-corrected chi connectivity index (χ1v) is 6.85. The highest BCUT2D eigenvalue weighted by molar-refractivity contribution is 7.99. The number of rotatable bonds is 6. The average molecular weight is 305 g/mol. The quantitative estimate of drug-likeness (QED) is 0.634. The van der Waals surface area contributed by atoms with Gasteiger partial charge in [-0.3, -0.25) is 4.79 Å². The van der Waals surface area contributed by atoms with E-state index < -0.39 is 0 Å². The van der Waals surface area contributed by atoms with Crippen LogP contribution in [-0.2, 0) is 4.79 Å². The van der Waals surface area contributed by atoms with E-state index in [1.165, 1.54) is 11.8 Å². The van der Waals surface area contributed by atoms with Crippen LogP contribution in [0, 0.1) is 13.8 Å². The van der Waals surface area contributed by atoms with Gasteiger partial charge in [0.1, 0.15) is 0 Å². The summed E-state index contributed by atoms with van der Waals surface area (Å²) in [6.07, 6.45) is 0. The minimum Gasteiger partial charge on any atom is -0.344 e. The van der Waals surface area contributed by atoms with Crippen molar-refractivity contribution in [2.75, 3.05) is 32.9 Å². The number of hydrogen-bond acceptors (Lipinski definition) is 5. The van der Waals surface area contributed by atoms with Crippen LogP contribution in [-0.4, -0.2) is 53.7 Å². The molecule has 0 bridgehead atoms. The van der Waals surface area contributed by atoms with E-state index in [9.17, 15) is 4.79 Å². The Hall–Kier alpha value is -0.850. The first kappa shape index (κ1) is 18.1. The Morgan fingerprint density at radius 2 is 1.95 bits per heavy atom. The lowest BCUT2D eigenvalue weighted by molar-refractivity contribution is -0.127. The van der Waals surface area contributed by atoms with Crippen LogP contribution in [0.5, 0.6) is 0 Å². The second-order valence-electron chi connectivity index (χ2n) is 4.14. The molecule has 1 heterocycles. The summed E-state index contributed by atoms with van der Waals surface area (Å²) in [6, 6.07) is 1.92. The van der Waals surface area contributed by atoms with Gasteiger partial charge in [0.25, 0.3) is 0 Å².